The molecule has 0 bridgehead atoms. The predicted octanol–water partition coefficient (Wildman–Crippen LogP) is 2.47. The zero-order valence-corrected chi connectivity index (χ0v) is 16.2. The van der Waals surface area contributed by atoms with Gasteiger partial charge in [0.1, 0.15) is 11.5 Å². The smallest absolute Gasteiger partial charge is 0.276 e. The molecule has 7 nitrogen and oxygen atoms in total. The molecule has 0 radical (unpaired) electrons. The van der Waals surface area contributed by atoms with E-state index in [4.69, 9.17) is 44.9 Å². The molecule has 0 saturated heterocycles. The summed E-state index contributed by atoms with van der Waals surface area (Å²) in [5.41, 5.74) is 4.67. The minimum atomic E-state index is -0.510. The molecule has 0 aliphatic heterocycles. The van der Waals surface area contributed by atoms with E-state index in [9.17, 15) is 9.59 Å². The number of benzene rings is 2. The van der Waals surface area contributed by atoms with Gasteiger partial charge in [0, 0.05) is 5.02 Å². The van der Waals surface area contributed by atoms with Crippen molar-refractivity contribution in [1.82, 2.24) is 16.2 Å². The van der Waals surface area contributed by atoms with Crippen LogP contribution >= 0.6 is 35.4 Å². The van der Waals surface area contributed by atoms with E-state index in [2.05, 4.69) is 16.2 Å². The lowest BCUT2D eigenvalue weighted by molar-refractivity contribution is -0.124. The zero-order chi connectivity index (χ0) is 19.6. The van der Waals surface area contributed by atoms with Gasteiger partial charge in [-0.2, -0.15) is 0 Å². The summed E-state index contributed by atoms with van der Waals surface area (Å²) in [5.74, 6) is -0.143. The summed E-state index contributed by atoms with van der Waals surface area (Å²) in [6.45, 7) is -0.542. The van der Waals surface area contributed by atoms with Gasteiger partial charge in [-0.25, -0.2) is 0 Å². The Morgan fingerprint density at radius 3 is 2.26 bits per heavy atom. The quantitative estimate of drug-likeness (QED) is 0.484. The van der Waals surface area contributed by atoms with Gasteiger partial charge < -0.3 is 9.47 Å². The fourth-order valence-corrected chi connectivity index (χ4v) is 2.22. The van der Waals surface area contributed by atoms with Crippen molar-refractivity contribution in [2.75, 3.05) is 13.2 Å². The van der Waals surface area contributed by atoms with Crippen molar-refractivity contribution < 1.29 is 19.1 Å². The van der Waals surface area contributed by atoms with E-state index in [0.29, 0.717) is 21.5 Å². The Bertz CT molecular complexity index is 818. The van der Waals surface area contributed by atoms with Crippen LogP contribution in [0.2, 0.25) is 10.0 Å². The van der Waals surface area contributed by atoms with Crippen LogP contribution in [0.5, 0.6) is 11.5 Å². The summed E-state index contributed by atoms with van der Waals surface area (Å²) in [4.78, 5) is 23.5. The average molecular weight is 428 g/mol. The van der Waals surface area contributed by atoms with E-state index in [0.717, 1.165) is 0 Å². The summed E-state index contributed by atoms with van der Waals surface area (Å²) in [6, 6.07) is 13.3. The van der Waals surface area contributed by atoms with Crippen LogP contribution in [0.15, 0.2) is 48.5 Å². The van der Waals surface area contributed by atoms with E-state index in [-0.39, 0.29) is 18.3 Å². The van der Waals surface area contributed by atoms with Crippen molar-refractivity contribution >= 4 is 52.3 Å². The van der Waals surface area contributed by atoms with Crippen LogP contribution < -0.4 is 25.6 Å². The third-order valence-electron chi connectivity index (χ3n) is 2.95. The van der Waals surface area contributed by atoms with Crippen LogP contribution in [0.3, 0.4) is 0 Å². The molecule has 0 saturated carbocycles. The normalized spacial score (nSPS) is 9.85. The van der Waals surface area contributed by atoms with E-state index in [1.165, 1.54) is 0 Å². The number of amides is 2. The van der Waals surface area contributed by atoms with Gasteiger partial charge in [0.05, 0.1) is 5.02 Å². The van der Waals surface area contributed by atoms with Gasteiger partial charge in [0.2, 0.25) is 0 Å². The highest BCUT2D eigenvalue weighted by atomic mass is 35.5. The molecule has 2 aromatic carbocycles. The fraction of sp³-hybridized carbons (Fsp3) is 0.118. The molecule has 0 spiro atoms. The Balaban J connectivity index is 1.64. The summed E-state index contributed by atoms with van der Waals surface area (Å²) >= 11 is 16.6. The number of nitrogens with one attached hydrogen (secondary N) is 3. The first-order valence-corrected chi connectivity index (χ1v) is 8.75. The van der Waals surface area contributed by atoms with E-state index < -0.39 is 11.8 Å². The first kappa shape index (κ1) is 20.8. The van der Waals surface area contributed by atoms with Gasteiger partial charge in [-0.05, 0) is 48.6 Å². The van der Waals surface area contributed by atoms with Crippen molar-refractivity contribution in [2.24, 2.45) is 0 Å². The predicted molar refractivity (Wildman–Crippen MR) is 106 cm³/mol. The van der Waals surface area contributed by atoms with E-state index in [1.807, 2.05) is 0 Å². The van der Waals surface area contributed by atoms with Gasteiger partial charge in [0.25, 0.3) is 11.8 Å². The second-order valence-electron chi connectivity index (χ2n) is 5.01. The topological polar surface area (TPSA) is 88.7 Å². The number of ether oxygens (including phenoxy) is 2. The van der Waals surface area contributed by atoms with Crippen LogP contribution in [0.1, 0.15) is 0 Å². The minimum Gasteiger partial charge on any atom is -0.484 e. The van der Waals surface area contributed by atoms with Gasteiger partial charge in [-0.15, -0.1) is 0 Å². The summed E-state index contributed by atoms with van der Waals surface area (Å²) in [5, 5.41) is 3.21. The van der Waals surface area contributed by atoms with Crippen molar-refractivity contribution in [1.29, 1.82) is 0 Å². The fourth-order valence-electron chi connectivity index (χ4n) is 1.74. The standard InChI is InChI=1S/C17H15Cl2N3O4S/c18-11-5-7-12(8-6-11)25-9-15(23)20-17(27)22-21-16(24)10-26-14-4-2-1-3-13(14)19/h1-8H,9-10H2,(H,21,24)(H2,20,22,23,27). The number of para-hydroxylation sites is 1. The summed E-state index contributed by atoms with van der Waals surface area (Å²) in [6.07, 6.45) is 0. The Morgan fingerprint density at radius 1 is 0.889 bits per heavy atom. The average Bonchev–Trinajstić information content (AvgIpc) is 2.65. The molecule has 0 aliphatic rings. The van der Waals surface area contributed by atoms with E-state index >= 15 is 0 Å². The zero-order valence-electron chi connectivity index (χ0n) is 13.8. The summed E-state index contributed by atoms with van der Waals surface area (Å²) in [7, 11) is 0. The molecule has 142 valence electrons. The molecular weight excluding hydrogens is 413 g/mol. The molecule has 0 fully saturated rings. The molecule has 2 aromatic rings. The molecule has 0 aliphatic carbocycles. The van der Waals surface area contributed by atoms with Gasteiger partial charge in [0.15, 0.2) is 18.3 Å². The highest BCUT2D eigenvalue weighted by Crippen LogP contribution is 2.22. The third-order valence-corrected chi connectivity index (χ3v) is 3.72. The Kier molecular flexibility index (Phi) is 8.12. The lowest BCUT2D eigenvalue weighted by Crippen LogP contribution is -2.50. The number of halogens is 2. The van der Waals surface area contributed by atoms with Crippen molar-refractivity contribution in [2.45, 2.75) is 0 Å². The van der Waals surface area contributed by atoms with Crippen molar-refractivity contribution in [3.8, 4) is 11.5 Å². The van der Waals surface area contributed by atoms with Crippen LogP contribution in [0.25, 0.3) is 0 Å². The lowest BCUT2D eigenvalue weighted by Gasteiger charge is -2.12. The van der Waals surface area contributed by atoms with Gasteiger partial charge >= 0.3 is 0 Å². The van der Waals surface area contributed by atoms with Crippen LogP contribution in [0, 0.1) is 0 Å². The highest BCUT2D eigenvalue weighted by molar-refractivity contribution is 7.80. The first-order chi connectivity index (χ1) is 12.9. The molecule has 0 unspecified atom stereocenters. The largest absolute Gasteiger partial charge is 0.484 e. The SMILES string of the molecule is O=C(COc1ccccc1Cl)NNC(=S)NC(=O)COc1ccc(Cl)cc1. The minimum absolute atomic E-state index is 0.0919. The molecule has 10 heteroatoms. The van der Waals surface area contributed by atoms with Crippen molar-refractivity contribution in [3.63, 3.8) is 0 Å². The molecule has 2 rings (SSSR count). The number of hydrogen-bond donors (Lipinski definition) is 3. The van der Waals surface area contributed by atoms with Crippen LogP contribution in [-0.2, 0) is 9.59 Å². The second-order valence-corrected chi connectivity index (χ2v) is 6.26. The van der Waals surface area contributed by atoms with Crippen LogP contribution in [0.4, 0.5) is 0 Å². The first-order valence-electron chi connectivity index (χ1n) is 7.58. The third kappa shape index (κ3) is 7.69. The molecule has 2 amide bonds. The monoisotopic (exact) mass is 427 g/mol. The number of thiocarbonyl (C=S) groups is 1. The molecule has 3 N–H and O–H groups in total. The molecule has 0 atom stereocenters. The molecule has 27 heavy (non-hydrogen) atoms. The van der Waals surface area contributed by atoms with Gasteiger partial charge in [-0.1, -0.05) is 35.3 Å². The Morgan fingerprint density at radius 2 is 1.56 bits per heavy atom. The number of carbonyl (C=O) groups excluding carboxylic acids is 2. The number of hydrogen-bond acceptors (Lipinski definition) is 5. The van der Waals surface area contributed by atoms with Gasteiger partial charge in [-0.3, -0.25) is 25.8 Å². The molecular formula is C17H15Cl2N3O4S. The molecule has 0 aromatic heterocycles. The number of carbonyl (C=O) groups is 2. The van der Waals surface area contributed by atoms with Crippen LogP contribution in [-0.4, -0.2) is 30.1 Å². The summed E-state index contributed by atoms with van der Waals surface area (Å²) < 4.78 is 10.5. The van der Waals surface area contributed by atoms with Crippen molar-refractivity contribution in [3.05, 3.63) is 58.6 Å². The molecule has 0 heterocycles. The second kappa shape index (κ2) is 10.6. The maximum Gasteiger partial charge on any atom is 0.276 e. The Hall–Kier alpha value is -2.55. The number of rotatable bonds is 6. The highest BCUT2D eigenvalue weighted by Gasteiger charge is 2.08. The maximum atomic E-state index is 11.7. The number of hydrazine groups is 1. The maximum absolute atomic E-state index is 11.7. The Labute approximate surface area is 170 Å². The lowest BCUT2D eigenvalue weighted by atomic mass is 10.3. The van der Waals surface area contributed by atoms with E-state index in [1.54, 1.807) is 48.5 Å².